The van der Waals surface area contributed by atoms with E-state index in [1.165, 1.54) is 53.5 Å². The van der Waals surface area contributed by atoms with Gasteiger partial charge in [0.1, 0.15) is 0 Å². The summed E-state index contributed by atoms with van der Waals surface area (Å²) in [6.45, 7) is 6.23. The van der Waals surface area contributed by atoms with Gasteiger partial charge in [0.2, 0.25) is 0 Å². The minimum absolute atomic E-state index is 0.729. The van der Waals surface area contributed by atoms with E-state index in [-0.39, 0.29) is 0 Å². The molecule has 0 unspecified atom stereocenters. The summed E-state index contributed by atoms with van der Waals surface area (Å²) in [4.78, 5) is 0. The van der Waals surface area contributed by atoms with Gasteiger partial charge in [-0.2, -0.15) is 0 Å². The summed E-state index contributed by atoms with van der Waals surface area (Å²) in [5, 5.41) is 0. The molecule has 102 valence electrons. The van der Waals surface area contributed by atoms with Gasteiger partial charge in [-0.15, -0.1) is 0 Å². The number of rotatable bonds is 2. The zero-order valence-corrected chi connectivity index (χ0v) is 12.2. The second kappa shape index (κ2) is 5.66. The Bertz CT molecular complexity index is 577. The first kappa shape index (κ1) is 13.2. The summed E-state index contributed by atoms with van der Waals surface area (Å²) in [6, 6.07) is 17.9. The standard InChI is InChI=1S/C20H22/c1-15-3-7-17(8-4-15)19-11-13-20(14-12-19)18-9-5-16(2)6-10-18/h5-6,9-14,17H,1,3-4,7-8H2,2H3. The Morgan fingerprint density at radius 2 is 1.30 bits per heavy atom. The lowest BCUT2D eigenvalue weighted by atomic mass is 9.82. The van der Waals surface area contributed by atoms with E-state index in [1.54, 1.807) is 0 Å². The van der Waals surface area contributed by atoms with Crippen molar-refractivity contribution in [3.63, 3.8) is 0 Å². The molecule has 1 aliphatic rings. The van der Waals surface area contributed by atoms with Crippen LogP contribution in [-0.2, 0) is 0 Å². The van der Waals surface area contributed by atoms with Crippen LogP contribution in [0.5, 0.6) is 0 Å². The van der Waals surface area contributed by atoms with E-state index in [1.807, 2.05) is 0 Å². The normalized spacial score (nSPS) is 16.4. The van der Waals surface area contributed by atoms with E-state index in [2.05, 4.69) is 62.0 Å². The Morgan fingerprint density at radius 1 is 0.800 bits per heavy atom. The van der Waals surface area contributed by atoms with Crippen molar-refractivity contribution < 1.29 is 0 Å². The summed E-state index contributed by atoms with van der Waals surface area (Å²) >= 11 is 0. The van der Waals surface area contributed by atoms with Gasteiger partial charge in [-0.3, -0.25) is 0 Å². The molecule has 0 radical (unpaired) electrons. The number of aryl methyl sites for hydroxylation is 1. The lowest BCUT2D eigenvalue weighted by Gasteiger charge is -2.23. The third-order valence-corrected chi connectivity index (χ3v) is 4.46. The lowest BCUT2D eigenvalue weighted by Crippen LogP contribution is -2.05. The van der Waals surface area contributed by atoms with Gasteiger partial charge >= 0.3 is 0 Å². The van der Waals surface area contributed by atoms with Crippen LogP contribution in [0, 0.1) is 6.92 Å². The molecule has 0 amide bonds. The molecule has 0 spiro atoms. The van der Waals surface area contributed by atoms with Crippen LogP contribution >= 0.6 is 0 Å². The lowest BCUT2D eigenvalue weighted by molar-refractivity contribution is 0.518. The van der Waals surface area contributed by atoms with Gasteiger partial charge in [0.05, 0.1) is 0 Å². The maximum Gasteiger partial charge on any atom is -0.0156 e. The number of hydrogen-bond acceptors (Lipinski definition) is 0. The molecule has 1 fully saturated rings. The van der Waals surface area contributed by atoms with Gasteiger partial charge in [-0.05, 0) is 55.2 Å². The zero-order valence-electron chi connectivity index (χ0n) is 12.2. The fourth-order valence-corrected chi connectivity index (χ4v) is 3.05. The number of allylic oxidation sites excluding steroid dienone is 1. The molecule has 1 saturated carbocycles. The van der Waals surface area contributed by atoms with Crippen LogP contribution in [0.4, 0.5) is 0 Å². The topological polar surface area (TPSA) is 0 Å². The van der Waals surface area contributed by atoms with Gasteiger partial charge in [-0.25, -0.2) is 0 Å². The second-order valence-electron chi connectivity index (χ2n) is 6.01. The Labute approximate surface area is 122 Å². The monoisotopic (exact) mass is 262 g/mol. The average molecular weight is 262 g/mol. The Morgan fingerprint density at radius 3 is 1.85 bits per heavy atom. The first-order valence-corrected chi connectivity index (χ1v) is 7.56. The minimum atomic E-state index is 0.729. The predicted molar refractivity (Wildman–Crippen MR) is 87.0 cm³/mol. The van der Waals surface area contributed by atoms with E-state index in [4.69, 9.17) is 0 Å². The molecule has 0 nitrogen and oxygen atoms in total. The number of hydrogen-bond donors (Lipinski definition) is 0. The molecule has 2 aromatic rings. The van der Waals surface area contributed by atoms with Gasteiger partial charge in [0, 0.05) is 0 Å². The van der Waals surface area contributed by atoms with Crippen LogP contribution in [-0.4, -0.2) is 0 Å². The molecule has 0 bridgehead atoms. The van der Waals surface area contributed by atoms with Crippen molar-refractivity contribution in [1.82, 2.24) is 0 Å². The molecule has 0 saturated heterocycles. The van der Waals surface area contributed by atoms with Crippen LogP contribution in [0.2, 0.25) is 0 Å². The van der Waals surface area contributed by atoms with Gasteiger partial charge < -0.3 is 0 Å². The van der Waals surface area contributed by atoms with Crippen molar-refractivity contribution in [3.05, 3.63) is 71.8 Å². The summed E-state index contributed by atoms with van der Waals surface area (Å²) in [5.41, 5.74) is 6.85. The molecule has 0 heteroatoms. The fraction of sp³-hybridized carbons (Fsp3) is 0.300. The van der Waals surface area contributed by atoms with Crippen LogP contribution in [0.25, 0.3) is 11.1 Å². The van der Waals surface area contributed by atoms with Crippen LogP contribution < -0.4 is 0 Å². The van der Waals surface area contributed by atoms with Crippen molar-refractivity contribution in [1.29, 1.82) is 0 Å². The maximum atomic E-state index is 4.10. The van der Waals surface area contributed by atoms with Crippen LogP contribution in [0.15, 0.2) is 60.7 Å². The molecule has 0 aromatic heterocycles. The summed E-state index contributed by atoms with van der Waals surface area (Å²) in [5.74, 6) is 0.729. The molecular formula is C20H22. The van der Waals surface area contributed by atoms with Crippen LogP contribution in [0.3, 0.4) is 0 Å². The molecule has 20 heavy (non-hydrogen) atoms. The highest BCUT2D eigenvalue weighted by atomic mass is 14.2. The maximum absolute atomic E-state index is 4.10. The first-order valence-electron chi connectivity index (χ1n) is 7.56. The molecule has 2 aromatic carbocycles. The Hall–Kier alpha value is -1.82. The molecule has 0 heterocycles. The number of benzene rings is 2. The third kappa shape index (κ3) is 2.85. The van der Waals surface area contributed by atoms with Crippen LogP contribution in [0.1, 0.15) is 42.7 Å². The minimum Gasteiger partial charge on any atom is -0.0999 e. The molecule has 0 atom stereocenters. The Balaban J connectivity index is 1.77. The van der Waals surface area contributed by atoms with E-state index in [0.717, 1.165) is 5.92 Å². The third-order valence-electron chi connectivity index (χ3n) is 4.46. The Kier molecular flexibility index (Phi) is 3.73. The van der Waals surface area contributed by atoms with Crippen molar-refractivity contribution in [3.8, 4) is 11.1 Å². The highest BCUT2D eigenvalue weighted by Crippen LogP contribution is 2.35. The highest BCUT2D eigenvalue weighted by Gasteiger charge is 2.17. The molecule has 3 rings (SSSR count). The van der Waals surface area contributed by atoms with Gasteiger partial charge in [0.25, 0.3) is 0 Å². The van der Waals surface area contributed by atoms with Crippen molar-refractivity contribution in [2.75, 3.05) is 0 Å². The van der Waals surface area contributed by atoms with Crippen molar-refractivity contribution >= 4 is 0 Å². The largest absolute Gasteiger partial charge is 0.0999 e. The first-order chi connectivity index (χ1) is 9.72. The quantitative estimate of drug-likeness (QED) is 0.593. The molecule has 0 aliphatic heterocycles. The fourth-order valence-electron chi connectivity index (χ4n) is 3.05. The predicted octanol–water partition coefficient (Wildman–Crippen LogP) is 5.88. The molecule has 1 aliphatic carbocycles. The average Bonchev–Trinajstić information content (AvgIpc) is 2.49. The summed E-state index contributed by atoms with van der Waals surface area (Å²) < 4.78 is 0. The van der Waals surface area contributed by atoms with Crippen molar-refractivity contribution in [2.24, 2.45) is 0 Å². The molecular weight excluding hydrogens is 240 g/mol. The zero-order chi connectivity index (χ0) is 13.9. The molecule has 0 N–H and O–H groups in total. The van der Waals surface area contributed by atoms with Gasteiger partial charge in [-0.1, -0.05) is 66.2 Å². The van der Waals surface area contributed by atoms with E-state index < -0.39 is 0 Å². The van der Waals surface area contributed by atoms with E-state index >= 15 is 0 Å². The summed E-state index contributed by atoms with van der Waals surface area (Å²) in [7, 11) is 0. The van der Waals surface area contributed by atoms with E-state index in [0.29, 0.717) is 0 Å². The smallest absolute Gasteiger partial charge is 0.0156 e. The summed E-state index contributed by atoms with van der Waals surface area (Å²) in [6.07, 6.45) is 4.93. The highest BCUT2D eigenvalue weighted by molar-refractivity contribution is 5.64. The van der Waals surface area contributed by atoms with Crippen molar-refractivity contribution in [2.45, 2.75) is 38.5 Å². The second-order valence-corrected chi connectivity index (χ2v) is 6.01. The van der Waals surface area contributed by atoms with Gasteiger partial charge in [0.15, 0.2) is 0 Å². The SMILES string of the molecule is C=C1CCC(c2ccc(-c3ccc(C)cc3)cc2)CC1. The van der Waals surface area contributed by atoms with E-state index in [9.17, 15) is 0 Å².